The Morgan fingerprint density at radius 3 is 2.18 bits per heavy atom. The van der Waals surface area contributed by atoms with Crippen LogP contribution in [0, 0.1) is 0 Å². The molecule has 0 aromatic heterocycles. The summed E-state index contributed by atoms with van der Waals surface area (Å²) in [5.41, 5.74) is 2.90. The zero-order valence-electron chi connectivity index (χ0n) is 11.8. The molecule has 1 heteroatoms. The minimum absolute atomic E-state index is 0.634. The molecule has 17 heavy (non-hydrogen) atoms. The number of benzene rings is 1. The lowest BCUT2D eigenvalue weighted by Gasteiger charge is -2.15. The van der Waals surface area contributed by atoms with Gasteiger partial charge in [0.1, 0.15) is 0 Å². The lowest BCUT2D eigenvalue weighted by Crippen LogP contribution is -2.28. The second-order valence-corrected chi connectivity index (χ2v) is 5.10. The van der Waals surface area contributed by atoms with Crippen LogP contribution in [0.2, 0.25) is 0 Å². The van der Waals surface area contributed by atoms with Crippen molar-refractivity contribution >= 4 is 0 Å². The first-order valence-electron chi connectivity index (χ1n) is 6.99. The lowest BCUT2D eigenvalue weighted by atomic mass is 9.98. The summed E-state index contributed by atoms with van der Waals surface area (Å²) in [5.74, 6) is 0.634. The highest BCUT2D eigenvalue weighted by atomic mass is 14.9. The molecule has 0 amide bonds. The van der Waals surface area contributed by atoms with E-state index in [1.165, 1.54) is 30.4 Å². The van der Waals surface area contributed by atoms with Crippen molar-refractivity contribution in [3.63, 3.8) is 0 Å². The molecule has 1 atom stereocenters. The fraction of sp³-hybridized carbons (Fsp3) is 0.625. The van der Waals surface area contributed by atoms with Gasteiger partial charge in [-0.1, -0.05) is 52.0 Å². The zero-order valence-corrected chi connectivity index (χ0v) is 11.8. The average molecular weight is 233 g/mol. The second kappa shape index (κ2) is 7.50. The number of aryl methyl sites for hydroxylation is 1. The Bertz CT molecular complexity index is 300. The molecule has 1 aromatic carbocycles. The van der Waals surface area contributed by atoms with Crippen LogP contribution >= 0.6 is 0 Å². The van der Waals surface area contributed by atoms with Gasteiger partial charge < -0.3 is 5.32 Å². The van der Waals surface area contributed by atoms with Crippen molar-refractivity contribution in [2.45, 2.75) is 58.9 Å². The molecule has 1 N–H and O–H groups in total. The van der Waals surface area contributed by atoms with Crippen LogP contribution in [0.5, 0.6) is 0 Å². The summed E-state index contributed by atoms with van der Waals surface area (Å²) in [6.07, 6.45) is 3.65. The zero-order chi connectivity index (χ0) is 12.7. The number of nitrogens with one attached hydrogen (secondary N) is 1. The molecule has 0 heterocycles. The van der Waals surface area contributed by atoms with Crippen molar-refractivity contribution in [1.82, 2.24) is 5.32 Å². The molecular weight excluding hydrogens is 206 g/mol. The molecule has 0 bridgehead atoms. The fourth-order valence-electron chi connectivity index (χ4n) is 2.15. The minimum Gasteiger partial charge on any atom is -0.314 e. The van der Waals surface area contributed by atoms with Crippen LogP contribution in [0.15, 0.2) is 24.3 Å². The monoisotopic (exact) mass is 233 g/mol. The van der Waals surface area contributed by atoms with Crippen molar-refractivity contribution in [3.8, 4) is 0 Å². The Morgan fingerprint density at radius 1 is 1.06 bits per heavy atom. The maximum atomic E-state index is 3.53. The summed E-state index contributed by atoms with van der Waals surface area (Å²) in [4.78, 5) is 0. The van der Waals surface area contributed by atoms with Crippen LogP contribution in [-0.4, -0.2) is 12.6 Å². The molecular formula is C16H27N. The van der Waals surface area contributed by atoms with E-state index in [0.717, 1.165) is 6.54 Å². The van der Waals surface area contributed by atoms with E-state index < -0.39 is 0 Å². The van der Waals surface area contributed by atoms with Gasteiger partial charge >= 0.3 is 0 Å². The van der Waals surface area contributed by atoms with Gasteiger partial charge in [-0.15, -0.1) is 0 Å². The normalized spacial score (nSPS) is 13.0. The molecule has 1 nitrogen and oxygen atoms in total. The second-order valence-electron chi connectivity index (χ2n) is 5.10. The van der Waals surface area contributed by atoms with Gasteiger partial charge in [-0.3, -0.25) is 0 Å². The van der Waals surface area contributed by atoms with Crippen molar-refractivity contribution in [1.29, 1.82) is 0 Å². The summed E-state index contributed by atoms with van der Waals surface area (Å²) in [6.45, 7) is 10.0. The van der Waals surface area contributed by atoms with Gasteiger partial charge in [-0.2, -0.15) is 0 Å². The van der Waals surface area contributed by atoms with Crippen molar-refractivity contribution in [2.75, 3.05) is 6.54 Å². The maximum absolute atomic E-state index is 3.53. The van der Waals surface area contributed by atoms with Gasteiger partial charge in [0.25, 0.3) is 0 Å². The average Bonchev–Trinajstić information content (AvgIpc) is 2.35. The standard InChI is InChI=1S/C16H27N/c1-5-16(17-6-2)12-9-14-7-10-15(11-8-14)13(3)4/h7-8,10-11,13,16-17H,5-6,9,12H2,1-4H3. The molecule has 1 unspecified atom stereocenters. The molecule has 0 aliphatic heterocycles. The maximum Gasteiger partial charge on any atom is 0.00674 e. The number of hydrogen-bond donors (Lipinski definition) is 1. The Kier molecular flexibility index (Phi) is 6.28. The Labute approximate surface area is 107 Å². The fourth-order valence-corrected chi connectivity index (χ4v) is 2.15. The third-order valence-electron chi connectivity index (χ3n) is 3.41. The van der Waals surface area contributed by atoms with Crippen molar-refractivity contribution in [3.05, 3.63) is 35.4 Å². The quantitative estimate of drug-likeness (QED) is 0.746. The lowest BCUT2D eigenvalue weighted by molar-refractivity contribution is 0.481. The van der Waals surface area contributed by atoms with E-state index in [4.69, 9.17) is 0 Å². The molecule has 0 saturated heterocycles. The van der Waals surface area contributed by atoms with Gasteiger partial charge in [0.05, 0.1) is 0 Å². The van der Waals surface area contributed by atoms with Gasteiger partial charge in [-0.25, -0.2) is 0 Å². The largest absolute Gasteiger partial charge is 0.314 e. The molecule has 0 aliphatic rings. The number of rotatable bonds is 7. The van der Waals surface area contributed by atoms with Crippen LogP contribution in [0.25, 0.3) is 0 Å². The predicted octanol–water partition coefficient (Wildman–Crippen LogP) is 4.13. The van der Waals surface area contributed by atoms with E-state index in [0.29, 0.717) is 12.0 Å². The third-order valence-corrected chi connectivity index (χ3v) is 3.41. The van der Waals surface area contributed by atoms with Crippen LogP contribution in [0.4, 0.5) is 0 Å². The van der Waals surface area contributed by atoms with Gasteiger partial charge in [0, 0.05) is 6.04 Å². The molecule has 96 valence electrons. The SMILES string of the molecule is CCNC(CC)CCc1ccc(C(C)C)cc1. The van der Waals surface area contributed by atoms with Crippen LogP contribution in [0.3, 0.4) is 0 Å². The van der Waals surface area contributed by atoms with Crippen LogP contribution < -0.4 is 5.32 Å². The molecule has 1 aromatic rings. The van der Waals surface area contributed by atoms with Crippen LogP contribution in [0.1, 0.15) is 57.6 Å². The van der Waals surface area contributed by atoms with E-state index >= 15 is 0 Å². The Morgan fingerprint density at radius 2 is 1.71 bits per heavy atom. The topological polar surface area (TPSA) is 12.0 Å². The Balaban J connectivity index is 2.46. The van der Waals surface area contributed by atoms with Gasteiger partial charge in [0.15, 0.2) is 0 Å². The summed E-state index contributed by atoms with van der Waals surface area (Å²) < 4.78 is 0. The van der Waals surface area contributed by atoms with E-state index in [9.17, 15) is 0 Å². The summed E-state index contributed by atoms with van der Waals surface area (Å²) in [7, 11) is 0. The van der Waals surface area contributed by atoms with Gasteiger partial charge in [0.2, 0.25) is 0 Å². The smallest absolute Gasteiger partial charge is 0.00674 e. The highest BCUT2D eigenvalue weighted by molar-refractivity contribution is 5.24. The summed E-state index contributed by atoms with van der Waals surface area (Å²) in [6, 6.07) is 9.79. The third kappa shape index (κ3) is 4.91. The minimum atomic E-state index is 0.634. The molecule has 0 spiro atoms. The molecule has 0 fully saturated rings. The van der Waals surface area contributed by atoms with Gasteiger partial charge in [-0.05, 0) is 42.9 Å². The highest BCUT2D eigenvalue weighted by Crippen LogP contribution is 2.16. The van der Waals surface area contributed by atoms with E-state index in [1.54, 1.807) is 0 Å². The Hall–Kier alpha value is -0.820. The molecule has 0 aliphatic carbocycles. The van der Waals surface area contributed by atoms with E-state index in [1.807, 2.05) is 0 Å². The number of hydrogen-bond acceptors (Lipinski definition) is 1. The summed E-state index contributed by atoms with van der Waals surface area (Å²) in [5, 5.41) is 3.53. The van der Waals surface area contributed by atoms with E-state index in [-0.39, 0.29) is 0 Å². The first kappa shape index (κ1) is 14.2. The molecule has 0 saturated carbocycles. The molecule has 0 radical (unpaired) electrons. The van der Waals surface area contributed by atoms with E-state index in [2.05, 4.69) is 57.3 Å². The summed E-state index contributed by atoms with van der Waals surface area (Å²) >= 11 is 0. The van der Waals surface area contributed by atoms with Crippen molar-refractivity contribution in [2.24, 2.45) is 0 Å². The van der Waals surface area contributed by atoms with Crippen molar-refractivity contribution < 1.29 is 0 Å². The first-order chi connectivity index (χ1) is 8.17. The van der Waals surface area contributed by atoms with Crippen LogP contribution in [-0.2, 0) is 6.42 Å². The first-order valence-corrected chi connectivity index (χ1v) is 6.99. The molecule has 1 rings (SSSR count). The predicted molar refractivity (Wildman–Crippen MR) is 76.6 cm³/mol. The highest BCUT2D eigenvalue weighted by Gasteiger charge is 2.05.